The number of hydrogen-bond donors (Lipinski definition) is 1. The SMILES string of the molecule is CC(=O)c1cnn(Cc2ccc(O)cc2)c1. The van der Waals surface area contributed by atoms with Gasteiger partial charge < -0.3 is 5.11 Å². The Labute approximate surface area is 93.1 Å². The lowest BCUT2D eigenvalue weighted by Crippen LogP contribution is -1.99. The molecule has 0 aliphatic carbocycles. The lowest BCUT2D eigenvalue weighted by atomic mass is 10.2. The molecule has 1 N–H and O–H groups in total. The van der Waals surface area contributed by atoms with Crippen LogP contribution in [0.4, 0.5) is 0 Å². The Balaban J connectivity index is 2.14. The molecule has 0 saturated carbocycles. The summed E-state index contributed by atoms with van der Waals surface area (Å²) in [4.78, 5) is 11.1. The molecule has 2 rings (SSSR count). The van der Waals surface area contributed by atoms with Gasteiger partial charge in [0.1, 0.15) is 5.75 Å². The van der Waals surface area contributed by atoms with Crippen molar-refractivity contribution in [1.29, 1.82) is 0 Å². The first-order valence-electron chi connectivity index (χ1n) is 4.96. The summed E-state index contributed by atoms with van der Waals surface area (Å²) in [5, 5.41) is 13.2. The third kappa shape index (κ3) is 2.28. The first-order chi connectivity index (χ1) is 7.65. The number of phenolic OH excluding ortho intramolecular Hbond substituents is 1. The van der Waals surface area contributed by atoms with Crippen LogP contribution in [-0.2, 0) is 6.54 Å². The van der Waals surface area contributed by atoms with Crippen LogP contribution in [0.2, 0.25) is 0 Å². The van der Waals surface area contributed by atoms with E-state index in [9.17, 15) is 4.79 Å². The lowest BCUT2D eigenvalue weighted by Gasteiger charge is -2.01. The van der Waals surface area contributed by atoms with Gasteiger partial charge in [-0.1, -0.05) is 12.1 Å². The van der Waals surface area contributed by atoms with E-state index in [4.69, 9.17) is 5.11 Å². The van der Waals surface area contributed by atoms with Crippen LogP contribution >= 0.6 is 0 Å². The topological polar surface area (TPSA) is 55.1 Å². The number of phenols is 1. The zero-order chi connectivity index (χ0) is 11.5. The van der Waals surface area contributed by atoms with E-state index in [0.29, 0.717) is 12.1 Å². The summed E-state index contributed by atoms with van der Waals surface area (Å²) in [5.41, 5.74) is 1.63. The van der Waals surface area contributed by atoms with E-state index < -0.39 is 0 Å². The summed E-state index contributed by atoms with van der Waals surface area (Å²) in [6, 6.07) is 6.91. The molecule has 0 aliphatic heterocycles. The minimum atomic E-state index is 0.0111. The fourth-order valence-corrected chi connectivity index (χ4v) is 1.42. The minimum absolute atomic E-state index is 0.0111. The molecule has 0 fully saturated rings. The minimum Gasteiger partial charge on any atom is -0.508 e. The standard InChI is InChI=1S/C12H12N2O2/c1-9(15)11-6-13-14(8-11)7-10-2-4-12(16)5-3-10/h2-6,8,16H,7H2,1H3. The Hall–Kier alpha value is -2.10. The normalized spacial score (nSPS) is 10.3. The van der Waals surface area contributed by atoms with E-state index in [2.05, 4.69) is 5.10 Å². The van der Waals surface area contributed by atoms with Crippen molar-refractivity contribution in [3.63, 3.8) is 0 Å². The third-order valence-electron chi connectivity index (χ3n) is 2.32. The molecule has 0 saturated heterocycles. The molecule has 1 aromatic carbocycles. The molecule has 1 heterocycles. The zero-order valence-corrected chi connectivity index (χ0v) is 8.92. The molecule has 2 aromatic rings. The molecule has 4 nitrogen and oxygen atoms in total. The average Bonchev–Trinajstić information content (AvgIpc) is 2.70. The predicted octanol–water partition coefficient (Wildman–Crippen LogP) is 1.84. The Morgan fingerprint density at radius 2 is 2.06 bits per heavy atom. The van der Waals surface area contributed by atoms with Crippen molar-refractivity contribution < 1.29 is 9.90 Å². The van der Waals surface area contributed by atoms with Gasteiger partial charge in [-0.25, -0.2) is 0 Å². The van der Waals surface area contributed by atoms with Crippen LogP contribution in [0.5, 0.6) is 5.75 Å². The second-order valence-electron chi connectivity index (χ2n) is 3.65. The molecule has 0 radical (unpaired) electrons. The maximum atomic E-state index is 11.1. The highest BCUT2D eigenvalue weighted by atomic mass is 16.3. The Kier molecular flexibility index (Phi) is 2.72. The highest BCUT2D eigenvalue weighted by Crippen LogP contribution is 2.11. The molecule has 0 spiro atoms. The highest BCUT2D eigenvalue weighted by molar-refractivity contribution is 5.93. The van der Waals surface area contributed by atoms with Crippen molar-refractivity contribution in [2.45, 2.75) is 13.5 Å². The van der Waals surface area contributed by atoms with Crippen LogP contribution in [0.1, 0.15) is 22.8 Å². The zero-order valence-electron chi connectivity index (χ0n) is 8.92. The fraction of sp³-hybridized carbons (Fsp3) is 0.167. The molecular formula is C12H12N2O2. The number of rotatable bonds is 3. The van der Waals surface area contributed by atoms with Crippen molar-refractivity contribution in [2.24, 2.45) is 0 Å². The summed E-state index contributed by atoms with van der Waals surface area (Å²) in [5.74, 6) is 0.255. The number of hydrogen-bond acceptors (Lipinski definition) is 3. The van der Waals surface area contributed by atoms with Crippen molar-refractivity contribution in [2.75, 3.05) is 0 Å². The lowest BCUT2D eigenvalue weighted by molar-refractivity contribution is 0.101. The van der Waals surface area contributed by atoms with Gasteiger partial charge >= 0.3 is 0 Å². The summed E-state index contributed by atoms with van der Waals surface area (Å²) in [7, 11) is 0. The predicted molar refractivity (Wildman–Crippen MR) is 59.4 cm³/mol. The number of carbonyl (C=O) groups excluding carboxylic acids is 1. The Bertz CT molecular complexity index is 500. The molecular weight excluding hydrogens is 204 g/mol. The maximum absolute atomic E-state index is 11.1. The molecule has 0 amide bonds. The molecule has 82 valence electrons. The van der Waals surface area contributed by atoms with Gasteiger partial charge in [-0.2, -0.15) is 5.10 Å². The summed E-state index contributed by atoms with van der Waals surface area (Å²) in [6.07, 6.45) is 3.28. The molecule has 0 aliphatic rings. The van der Waals surface area contributed by atoms with Crippen LogP contribution < -0.4 is 0 Å². The van der Waals surface area contributed by atoms with Crippen LogP contribution in [0, 0.1) is 0 Å². The number of benzene rings is 1. The van der Waals surface area contributed by atoms with Crippen molar-refractivity contribution in [1.82, 2.24) is 9.78 Å². The molecule has 0 unspecified atom stereocenters. The molecule has 16 heavy (non-hydrogen) atoms. The Morgan fingerprint density at radius 1 is 1.38 bits per heavy atom. The molecule has 0 bridgehead atoms. The number of ketones is 1. The molecule has 4 heteroatoms. The van der Waals surface area contributed by atoms with Crippen LogP contribution in [-0.4, -0.2) is 20.7 Å². The van der Waals surface area contributed by atoms with E-state index in [1.54, 1.807) is 29.2 Å². The van der Waals surface area contributed by atoms with Gasteiger partial charge in [-0.15, -0.1) is 0 Å². The smallest absolute Gasteiger partial charge is 0.162 e. The van der Waals surface area contributed by atoms with Gasteiger partial charge in [0.05, 0.1) is 18.3 Å². The van der Waals surface area contributed by atoms with Gasteiger partial charge in [0, 0.05) is 6.20 Å². The van der Waals surface area contributed by atoms with E-state index in [1.165, 1.54) is 6.92 Å². The fourth-order valence-electron chi connectivity index (χ4n) is 1.42. The van der Waals surface area contributed by atoms with E-state index in [0.717, 1.165) is 5.56 Å². The maximum Gasteiger partial charge on any atom is 0.162 e. The van der Waals surface area contributed by atoms with E-state index in [-0.39, 0.29) is 11.5 Å². The van der Waals surface area contributed by atoms with Crippen LogP contribution in [0.15, 0.2) is 36.7 Å². The summed E-state index contributed by atoms with van der Waals surface area (Å²) in [6.45, 7) is 2.11. The van der Waals surface area contributed by atoms with Gasteiger partial charge in [-0.05, 0) is 24.6 Å². The molecule has 0 atom stereocenters. The Morgan fingerprint density at radius 3 is 2.62 bits per heavy atom. The van der Waals surface area contributed by atoms with Crippen molar-refractivity contribution in [3.8, 4) is 5.75 Å². The van der Waals surface area contributed by atoms with Gasteiger partial charge in [0.2, 0.25) is 0 Å². The van der Waals surface area contributed by atoms with Crippen LogP contribution in [0.25, 0.3) is 0 Å². The van der Waals surface area contributed by atoms with Crippen molar-refractivity contribution >= 4 is 5.78 Å². The number of aromatic nitrogens is 2. The van der Waals surface area contributed by atoms with Crippen molar-refractivity contribution in [3.05, 3.63) is 47.8 Å². The van der Waals surface area contributed by atoms with E-state index in [1.807, 2.05) is 12.1 Å². The van der Waals surface area contributed by atoms with E-state index >= 15 is 0 Å². The first kappa shape index (κ1) is 10.4. The first-order valence-corrected chi connectivity index (χ1v) is 4.96. The number of nitrogens with zero attached hydrogens (tertiary/aromatic N) is 2. The molecule has 1 aromatic heterocycles. The number of carbonyl (C=O) groups is 1. The average molecular weight is 216 g/mol. The highest BCUT2D eigenvalue weighted by Gasteiger charge is 2.03. The second kappa shape index (κ2) is 4.18. The number of aromatic hydroxyl groups is 1. The monoisotopic (exact) mass is 216 g/mol. The van der Waals surface area contributed by atoms with Gasteiger partial charge in [0.25, 0.3) is 0 Å². The number of Topliss-reactive ketones (excluding diaryl/α,β-unsaturated/α-hetero) is 1. The summed E-state index contributed by atoms with van der Waals surface area (Å²) < 4.78 is 1.70. The summed E-state index contributed by atoms with van der Waals surface area (Å²) >= 11 is 0. The second-order valence-corrected chi connectivity index (χ2v) is 3.65. The third-order valence-corrected chi connectivity index (χ3v) is 2.32. The van der Waals surface area contributed by atoms with Crippen LogP contribution in [0.3, 0.4) is 0 Å². The van der Waals surface area contributed by atoms with Gasteiger partial charge in [0.15, 0.2) is 5.78 Å². The van der Waals surface area contributed by atoms with Gasteiger partial charge in [-0.3, -0.25) is 9.48 Å². The quantitative estimate of drug-likeness (QED) is 0.796. The largest absolute Gasteiger partial charge is 0.508 e.